The van der Waals surface area contributed by atoms with Crippen LogP contribution in [0.2, 0.25) is 0 Å². The lowest BCUT2D eigenvalue weighted by atomic mass is 9.94. The van der Waals surface area contributed by atoms with Gasteiger partial charge in [-0.3, -0.25) is 0 Å². The molecule has 2 fully saturated rings. The van der Waals surface area contributed by atoms with Crippen LogP contribution in [-0.4, -0.2) is 48.3 Å². The average Bonchev–Trinajstić information content (AvgIpc) is 3.13. The normalized spacial score (nSPS) is 24.9. The van der Waals surface area contributed by atoms with E-state index in [4.69, 9.17) is 0 Å². The zero-order chi connectivity index (χ0) is 11.4. The van der Waals surface area contributed by atoms with Crippen LogP contribution in [0.3, 0.4) is 0 Å². The molecule has 0 aromatic heterocycles. The number of aliphatic hydroxyl groups excluding tert-OH is 1. The molecule has 1 atom stereocenters. The Labute approximate surface area is 99.2 Å². The second kappa shape index (κ2) is 5.99. The third-order valence-corrected chi connectivity index (χ3v) is 3.98. The van der Waals surface area contributed by atoms with E-state index in [-0.39, 0.29) is 12.6 Å². The molecule has 2 rings (SSSR count). The standard InChI is InChI=1S/C13H26N2O/c1-15(13-5-3-2-4-6-13)9-12(10-16)14-11-7-8-11/h11-14,16H,2-10H2,1H3. The van der Waals surface area contributed by atoms with Crippen LogP contribution in [0.15, 0.2) is 0 Å². The van der Waals surface area contributed by atoms with Crippen molar-refractivity contribution in [1.29, 1.82) is 0 Å². The number of rotatable bonds is 6. The Kier molecular flexibility index (Phi) is 4.62. The zero-order valence-electron chi connectivity index (χ0n) is 10.5. The van der Waals surface area contributed by atoms with Gasteiger partial charge in [0.05, 0.1) is 6.61 Å². The lowest BCUT2D eigenvalue weighted by Crippen LogP contribution is -2.46. The first kappa shape index (κ1) is 12.3. The molecule has 16 heavy (non-hydrogen) atoms. The number of hydrogen-bond acceptors (Lipinski definition) is 3. The van der Waals surface area contributed by atoms with Crippen LogP contribution < -0.4 is 5.32 Å². The summed E-state index contributed by atoms with van der Waals surface area (Å²) in [4.78, 5) is 2.45. The molecule has 94 valence electrons. The predicted octanol–water partition coefficient (Wildman–Crippen LogP) is 1.36. The van der Waals surface area contributed by atoms with E-state index in [2.05, 4.69) is 17.3 Å². The van der Waals surface area contributed by atoms with Crippen molar-refractivity contribution in [2.45, 2.75) is 63.1 Å². The van der Waals surface area contributed by atoms with E-state index >= 15 is 0 Å². The molecule has 2 N–H and O–H groups in total. The molecule has 0 bridgehead atoms. The fourth-order valence-electron chi connectivity index (χ4n) is 2.76. The predicted molar refractivity (Wildman–Crippen MR) is 66.5 cm³/mol. The molecule has 3 nitrogen and oxygen atoms in total. The molecule has 0 amide bonds. The number of nitrogens with zero attached hydrogens (tertiary/aromatic N) is 1. The third kappa shape index (κ3) is 3.72. The molecule has 0 radical (unpaired) electrons. The summed E-state index contributed by atoms with van der Waals surface area (Å²) in [5.74, 6) is 0. The summed E-state index contributed by atoms with van der Waals surface area (Å²) in [6.07, 6.45) is 9.46. The first-order valence-corrected chi connectivity index (χ1v) is 6.86. The third-order valence-electron chi connectivity index (χ3n) is 3.98. The summed E-state index contributed by atoms with van der Waals surface area (Å²) in [5, 5.41) is 12.9. The number of likely N-dealkylation sites (N-methyl/N-ethyl adjacent to an activating group) is 1. The van der Waals surface area contributed by atoms with Crippen molar-refractivity contribution < 1.29 is 5.11 Å². The molecule has 2 aliphatic rings. The minimum Gasteiger partial charge on any atom is -0.395 e. The SMILES string of the molecule is CN(CC(CO)NC1CC1)C1CCCCC1. The van der Waals surface area contributed by atoms with Gasteiger partial charge in [-0.1, -0.05) is 19.3 Å². The second-order valence-electron chi connectivity index (χ2n) is 5.55. The van der Waals surface area contributed by atoms with Gasteiger partial charge in [-0.15, -0.1) is 0 Å². The zero-order valence-corrected chi connectivity index (χ0v) is 10.5. The molecule has 3 heteroatoms. The molecular formula is C13H26N2O. The number of aliphatic hydroxyl groups is 1. The number of nitrogens with one attached hydrogen (secondary N) is 1. The quantitative estimate of drug-likeness (QED) is 0.718. The van der Waals surface area contributed by atoms with Crippen molar-refractivity contribution in [2.24, 2.45) is 0 Å². The smallest absolute Gasteiger partial charge is 0.0597 e. The van der Waals surface area contributed by atoms with E-state index in [0.29, 0.717) is 6.04 Å². The highest BCUT2D eigenvalue weighted by Crippen LogP contribution is 2.22. The number of hydrogen-bond donors (Lipinski definition) is 2. The highest BCUT2D eigenvalue weighted by Gasteiger charge is 2.26. The molecule has 0 aliphatic heterocycles. The summed E-state index contributed by atoms with van der Waals surface area (Å²) in [6, 6.07) is 1.72. The van der Waals surface area contributed by atoms with Crippen molar-refractivity contribution in [3.8, 4) is 0 Å². The lowest BCUT2D eigenvalue weighted by Gasteiger charge is -2.33. The highest BCUT2D eigenvalue weighted by atomic mass is 16.3. The average molecular weight is 226 g/mol. The van der Waals surface area contributed by atoms with E-state index in [0.717, 1.165) is 12.6 Å². The van der Waals surface area contributed by atoms with E-state index in [9.17, 15) is 5.11 Å². The topological polar surface area (TPSA) is 35.5 Å². The van der Waals surface area contributed by atoms with Gasteiger partial charge in [0.25, 0.3) is 0 Å². The van der Waals surface area contributed by atoms with Crippen molar-refractivity contribution in [1.82, 2.24) is 10.2 Å². The van der Waals surface area contributed by atoms with Crippen LogP contribution in [-0.2, 0) is 0 Å². The molecule has 0 heterocycles. The fourth-order valence-corrected chi connectivity index (χ4v) is 2.76. The molecule has 0 spiro atoms. The minimum atomic E-state index is 0.271. The van der Waals surface area contributed by atoms with Crippen molar-refractivity contribution in [2.75, 3.05) is 20.2 Å². The Morgan fingerprint density at radius 1 is 1.19 bits per heavy atom. The minimum absolute atomic E-state index is 0.271. The molecule has 0 aromatic rings. The van der Waals surface area contributed by atoms with E-state index in [1.807, 2.05) is 0 Å². The maximum absolute atomic E-state index is 9.36. The van der Waals surface area contributed by atoms with Crippen LogP contribution >= 0.6 is 0 Å². The molecule has 0 aromatic carbocycles. The largest absolute Gasteiger partial charge is 0.395 e. The van der Waals surface area contributed by atoms with Crippen LogP contribution in [0.4, 0.5) is 0 Å². The van der Waals surface area contributed by atoms with Gasteiger partial charge < -0.3 is 15.3 Å². The van der Waals surface area contributed by atoms with E-state index in [1.54, 1.807) is 0 Å². The first-order valence-electron chi connectivity index (χ1n) is 6.86. The van der Waals surface area contributed by atoms with E-state index < -0.39 is 0 Å². The lowest BCUT2D eigenvalue weighted by molar-refractivity contribution is 0.145. The Balaban J connectivity index is 1.71. The molecule has 0 saturated heterocycles. The van der Waals surface area contributed by atoms with Gasteiger partial charge in [0.1, 0.15) is 0 Å². The summed E-state index contributed by atoms with van der Waals surface area (Å²) in [6.45, 7) is 1.27. The van der Waals surface area contributed by atoms with Gasteiger partial charge in [-0.2, -0.15) is 0 Å². The fraction of sp³-hybridized carbons (Fsp3) is 1.00. The highest BCUT2D eigenvalue weighted by molar-refractivity contribution is 4.86. The van der Waals surface area contributed by atoms with Gasteiger partial charge in [-0.05, 0) is 32.7 Å². The molecule has 2 aliphatic carbocycles. The summed E-state index contributed by atoms with van der Waals surface area (Å²) in [7, 11) is 2.22. The summed E-state index contributed by atoms with van der Waals surface area (Å²) >= 11 is 0. The van der Waals surface area contributed by atoms with E-state index in [1.165, 1.54) is 44.9 Å². The Morgan fingerprint density at radius 2 is 1.88 bits per heavy atom. The van der Waals surface area contributed by atoms with Crippen LogP contribution in [0.1, 0.15) is 44.9 Å². The monoisotopic (exact) mass is 226 g/mol. The molecule has 2 saturated carbocycles. The molecule has 1 unspecified atom stereocenters. The van der Waals surface area contributed by atoms with Crippen LogP contribution in [0.25, 0.3) is 0 Å². The van der Waals surface area contributed by atoms with Gasteiger partial charge >= 0.3 is 0 Å². The molecular weight excluding hydrogens is 200 g/mol. The Hall–Kier alpha value is -0.120. The van der Waals surface area contributed by atoms with Gasteiger partial charge in [0.2, 0.25) is 0 Å². The van der Waals surface area contributed by atoms with Gasteiger partial charge in [-0.25, -0.2) is 0 Å². The van der Waals surface area contributed by atoms with Crippen molar-refractivity contribution in [3.05, 3.63) is 0 Å². The second-order valence-corrected chi connectivity index (χ2v) is 5.55. The first-order chi connectivity index (χ1) is 7.79. The Morgan fingerprint density at radius 3 is 2.44 bits per heavy atom. The van der Waals surface area contributed by atoms with Crippen LogP contribution in [0, 0.1) is 0 Å². The van der Waals surface area contributed by atoms with Gasteiger partial charge in [0.15, 0.2) is 0 Å². The maximum atomic E-state index is 9.36. The Bertz CT molecular complexity index is 200. The summed E-state index contributed by atoms with van der Waals surface area (Å²) in [5.41, 5.74) is 0. The maximum Gasteiger partial charge on any atom is 0.0597 e. The summed E-state index contributed by atoms with van der Waals surface area (Å²) < 4.78 is 0. The van der Waals surface area contributed by atoms with Crippen molar-refractivity contribution in [3.63, 3.8) is 0 Å². The van der Waals surface area contributed by atoms with Crippen molar-refractivity contribution >= 4 is 0 Å². The van der Waals surface area contributed by atoms with Gasteiger partial charge in [0, 0.05) is 24.7 Å². The van der Waals surface area contributed by atoms with Crippen LogP contribution in [0.5, 0.6) is 0 Å².